The highest BCUT2D eigenvalue weighted by molar-refractivity contribution is 8.04. The first-order valence-electron chi connectivity index (χ1n) is 12.7. The van der Waals surface area contributed by atoms with Crippen molar-refractivity contribution in [2.24, 2.45) is 0 Å². The number of halogens is 1. The molecule has 0 aliphatic carbocycles. The Bertz CT molecular complexity index is 1700. The van der Waals surface area contributed by atoms with Crippen molar-refractivity contribution in [2.45, 2.75) is 18.7 Å². The van der Waals surface area contributed by atoms with E-state index < -0.39 is 11.8 Å². The number of imide groups is 1. The fraction of sp³-hybridized carbons (Fsp3) is 0.0938. The summed E-state index contributed by atoms with van der Waals surface area (Å²) in [5.74, 6) is -0.758. The maximum atomic E-state index is 13.8. The molecular weight excluding hydrogens is 558 g/mol. The smallest absolute Gasteiger partial charge is 0.283 e. The lowest BCUT2D eigenvalue weighted by Crippen LogP contribution is -2.32. The lowest BCUT2D eigenvalue weighted by atomic mass is 10.2. The van der Waals surface area contributed by atoms with E-state index in [0.717, 1.165) is 27.8 Å². The minimum atomic E-state index is -0.479. The molecule has 4 aromatic carbocycles. The highest BCUT2D eigenvalue weighted by Gasteiger charge is 2.40. The van der Waals surface area contributed by atoms with Crippen molar-refractivity contribution < 1.29 is 19.1 Å². The third-order valence-corrected chi connectivity index (χ3v) is 7.78. The number of thioether (sulfide) groups is 1. The van der Waals surface area contributed by atoms with Crippen LogP contribution in [0.5, 0.6) is 5.75 Å². The molecule has 4 aromatic rings. The van der Waals surface area contributed by atoms with Crippen molar-refractivity contribution in [3.8, 4) is 5.75 Å². The highest BCUT2D eigenvalue weighted by atomic mass is 35.5. The van der Waals surface area contributed by atoms with Gasteiger partial charge in [0.1, 0.15) is 16.4 Å². The van der Waals surface area contributed by atoms with E-state index in [1.54, 1.807) is 73.8 Å². The van der Waals surface area contributed by atoms with Crippen molar-refractivity contribution in [3.63, 3.8) is 0 Å². The zero-order chi connectivity index (χ0) is 29.1. The number of nitrogens with one attached hydrogen (secondary N) is 2. The first-order valence-corrected chi connectivity index (χ1v) is 13.9. The Labute approximate surface area is 247 Å². The van der Waals surface area contributed by atoms with Gasteiger partial charge in [-0.25, -0.2) is 4.90 Å². The Kier molecular flexibility index (Phi) is 8.14. The summed E-state index contributed by atoms with van der Waals surface area (Å²) >= 11 is 7.32. The predicted octanol–water partition coefficient (Wildman–Crippen LogP) is 7.21. The average molecular weight is 584 g/mol. The molecule has 0 radical (unpaired) electrons. The van der Waals surface area contributed by atoms with Gasteiger partial charge >= 0.3 is 0 Å². The highest BCUT2D eigenvalue weighted by Crippen LogP contribution is 2.40. The van der Waals surface area contributed by atoms with Crippen molar-refractivity contribution in [2.75, 3.05) is 22.6 Å². The van der Waals surface area contributed by atoms with E-state index in [0.29, 0.717) is 38.3 Å². The molecule has 1 aliphatic rings. The lowest BCUT2D eigenvalue weighted by molar-refractivity contribution is -0.120. The van der Waals surface area contributed by atoms with Gasteiger partial charge in [-0.2, -0.15) is 0 Å². The van der Waals surface area contributed by atoms with Crippen LogP contribution in [-0.4, -0.2) is 24.8 Å². The van der Waals surface area contributed by atoms with E-state index in [2.05, 4.69) is 10.6 Å². The summed E-state index contributed by atoms with van der Waals surface area (Å²) in [4.78, 5) is 42.4. The van der Waals surface area contributed by atoms with Gasteiger partial charge in [-0.05, 0) is 74.0 Å². The second-order valence-corrected chi connectivity index (χ2v) is 10.9. The number of benzene rings is 4. The quantitative estimate of drug-likeness (QED) is 0.213. The second-order valence-electron chi connectivity index (χ2n) is 9.38. The second kappa shape index (κ2) is 11.9. The zero-order valence-corrected chi connectivity index (χ0v) is 24.1. The molecule has 41 heavy (non-hydrogen) atoms. The van der Waals surface area contributed by atoms with Crippen molar-refractivity contribution in [1.82, 2.24) is 0 Å². The Morgan fingerprint density at radius 1 is 0.854 bits per heavy atom. The minimum absolute atomic E-state index is 0.134. The average Bonchev–Trinajstić information content (AvgIpc) is 3.18. The van der Waals surface area contributed by atoms with E-state index in [9.17, 15) is 14.4 Å². The molecule has 2 N–H and O–H groups in total. The fourth-order valence-electron chi connectivity index (χ4n) is 4.30. The van der Waals surface area contributed by atoms with Gasteiger partial charge in [0.2, 0.25) is 0 Å². The van der Waals surface area contributed by atoms with Crippen LogP contribution in [0.2, 0.25) is 5.02 Å². The number of aryl methyl sites for hydroxylation is 2. The molecule has 1 heterocycles. The molecule has 0 saturated carbocycles. The van der Waals surface area contributed by atoms with Crippen molar-refractivity contribution in [3.05, 3.63) is 123 Å². The summed E-state index contributed by atoms with van der Waals surface area (Å²) in [6, 6.07) is 26.6. The largest absolute Gasteiger partial charge is 0.495 e. The molecule has 0 fully saturated rings. The van der Waals surface area contributed by atoms with Gasteiger partial charge in [-0.15, -0.1) is 0 Å². The molecule has 9 heteroatoms. The summed E-state index contributed by atoms with van der Waals surface area (Å²) in [6.45, 7) is 3.86. The molecule has 0 unspecified atom stereocenters. The topological polar surface area (TPSA) is 87.7 Å². The first kappa shape index (κ1) is 28.0. The van der Waals surface area contributed by atoms with Gasteiger partial charge in [0.15, 0.2) is 0 Å². The zero-order valence-electron chi connectivity index (χ0n) is 22.5. The maximum absolute atomic E-state index is 13.8. The summed E-state index contributed by atoms with van der Waals surface area (Å²) in [6.07, 6.45) is 0. The molecule has 0 saturated heterocycles. The molecule has 3 amide bonds. The molecule has 0 spiro atoms. The third kappa shape index (κ3) is 5.99. The third-order valence-electron chi connectivity index (χ3n) is 6.38. The number of carbonyl (C=O) groups excluding carboxylic acids is 3. The van der Waals surface area contributed by atoms with Gasteiger partial charge < -0.3 is 15.4 Å². The van der Waals surface area contributed by atoms with Crippen LogP contribution < -0.4 is 20.3 Å². The molecule has 7 nitrogen and oxygen atoms in total. The number of methoxy groups -OCH3 is 1. The number of anilines is 3. The van der Waals surface area contributed by atoms with Gasteiger partial charge in [0, 0.05) is 10.6 Å². The van der Waals surface area contributed by atoms with Crippen LogP contribution in [0.4, 0.5) is 17.1 Å². The monoisotopic (exact) mass is 583 g/mol. The number of hydrogen-bond acceptors (Lipinski definition) is 6. The Hall–Kier alpha value is -4.53. The van der Waals surface area contributed by atoms with E-state index in [1.807, 2.05) is 38.1 Å². The van der Waals surface area contributed by atoms with Gasteiger partial charge in [-0.3, -0.25) is 14.4 Å². The number of nitrogens with zero attached hydrogens (tertiary/aromatic N) is 1. The van der Waals surface area contributed by atoms with Crippen molar-refractivity contribution in [1.29, 1.82) is 0 Å². The summed E-state index contributed by atoms with van der Waals surface area (Å²) < 4.78 is 5.50. The molecule has 5 rings (SSSR count). The van der Waals surface area contributed by atoms with Crippen molar-refractivity contribution >= 4 is 58.1 Å². The van der Waals surface area contributed by atoms with Crippen LogP contribution in [0.15, 0.2) is 106 Å². The standard InChI is InChI=1S/C32H26ClN3O4S/c1-19-11-14-22(15-12-19)36-31(38)28(35-26-17-20(2)13-16-27(26)40-3)29(32(36)39)41-23-8-6-7-21(18-23)34-30(37)24-9-4-5-10-25(24)33/h4-18,35H,1-3H3,(H,34,37). The van der Waals surface area contributed by atoms with E-state index in [-0.39, 0.29) is 16.5 Å². The Balaban J connectivity index is 1.49. The summed E-state index contributed by atoms with van der Waals surface area (Å²) in [5.41, 5.74) is 3.99. The number of rotatable bonds is 8. The van der Waals surface area contributed by atoms with Crippen LogP contribution in [0, 0.1) is 13.8 Å². The van der Waals surface area contributed by atoms with E-state index >= 15 is 0 Å². The normalized spacial score (nSPS) is 13.0. The number of hydrogen-bond donors (Lipinski definition) is 2. The maximum Gasteiger partial charge on any atom is 0.283 e. The van der Waals surface area contributed by atoms with E-state index in [4.69, 9.17) is 16.3 Å². The van der Waals surface area contributed by atoms with Gasteiger partial charge in [0.25, 0.3) is 17.7 Å². The van der Waals surface area contributed by atoms with Gasteiger partial charge in [-0.1, -0.05) is 65.3 Å². The van der Waals surface area contributed by atoms with Crippen LogP contribution in [0.3, 0.4) is 0 Å². The minimum Gasteiger partial charge on any atom is -0.495 e. The van der Waals surface area contributed by atoms with Crippen LogP contribution in [0.25, 0.3) is 0 Å². The molecule has 206 valence electrons. The number of carbonyl (C=O) groups is 3. The molecule has 0 aromatic heterocycles. The Morgan fingerprint density at radius 3 is 2.32 bits per heavy atom. The Morgan fingerprint density at radius 2 is 1.59 bits per heavy atom. The molecule has 1 aliphatic heterocycles. The predicted molar refractivity (Wildman–Crippen MR) is 164 cm³/mol. The summed E-state index contributed by atoms with van der Waals surface area (Å²) in [5, 5.41) is 6.37. The molecule has 0 bridgehead atoms. The van der Waals surface area contributed by atoms with E-state index in [1.165, 1.54) is 0 Å². The molecular formula is C32H26ClN3O4S. The SMILES string of the molecule is COc1ccc(C)cc1NC1=C(Sc2cccc(NC(=O)c3ccccc3Cl)c2)C(=O)N(c2ccc(C)cc2)C1=O. The fourth-order valence-corrected chi connectivity index (χ4v) is 5.50. The first-order chi connectivity index (χ1) is 19.7. The van der Waals surface area contributed by atoms with Crippen LogP contribution >= 0.6 is 23.4 Å². The number of amides is 3. The van der Waals surface area contributed by atoms with Crippen LogP contribution in [-0.2, 0) is 9.59 Å². The lowest BCUT2D eigenvalue weighted by Gasteiger charge is -2.16. The summed E-state index contributed by atoms with van der Waals surface area (Å²) in [7, 11) is 1.54. The van der Waals surface area contributed by atoms with Crippen LogP contribution in [0.1, 0.15) is 21.5 Å². The van der Waals surface area contributed by atoms with Gasteiger partial charge in [0.05, 0.1) is 29.1 Å². The molecule has 0 atom stereocenters. The number of ether oxygens (including phenoxy) is 1.